The second kappa shape index (κ2) is 4.17. The Kier molecular flexibility index (Phi) is 2.38. The maximum atomic E-state index is 4.28. The Bertz CT molecular complexity index is 548. The largest absolute Gasteiger partial charge is 0.277 e. The van der Waals surface area contributed by atoms with Crippen LogP contribution in [-0.2, 0) is 0 Å². The van der Waals surface area contributed by atoms with Crippen LogP contribution in [0.15, 0.2) is 55.1 Å². The summed E-state index contributed by atoms with van der Waals surface area (Å²) in [4.78, 5) is 8.07. The van der Waals surface area contributed by atoms with Crippen molar-refractivity contribution in [2.45, 2.75) is 0 Å². The van der Waals surface area contributed by atoms with Gasteiger partial charge in [0.2, 0.25) is 0 Å². The third-order valence-corrected chi connectivity index (χ3v) is 2.53. The van der Waals surface area contributed by atoms with E-state index < -0.39 is 0 Å². The summed E-state index contributed by atoms with van der Waals surface area (Å²) >= 11 is 0. The van der Waals surface area contributed by atoms with E-state index in [0.717, 1.165) is 22.5 Å². The molecule has 0 saturated heterocycles. The van der Waals surface area contributed by atoms with E-state index >= 15 is 0 Å². The summed E-state index contributed by atoms with van der Waals surface area (Å²) in [6.45, 7) is 0. The second-order valence-corrected chi connectivity index (χ2v) is 3.64. The van der Waals surface area contributed by atoms with Gasteiger partial charge in [-0.1, -0.05) is 0 Å². The summed E-state index contributed by atoms with van der Waals surface area (Å²) in [5, 5.41) is 7.29. The molecule has 3 aromatic rings. The highest BCUT2D eigenvalue weighted by Crippen LogP contribution is 2.22. The Labute approximate surface area is 98.4 Å². The molecule has 0 amide bonds. The Morgan fingerprint density at radius 1 is 0.882 bits per heavy atom. The van der Waals surface area contributed by atoms with Crippen LogP contribution in [-0.4, -0.2) is 20.2 Å². The van der Waals surface area contributed by atoms with Crippen molar-refractivity contribution in [2.24, 2.45) is 0 Å². The number of aromatic amines is 1. The van der Waals surface area contributed by atoms with Crippen molar-refractivity contribution in [1.29, 1.82) is 0 Å². The molecule has 0 atom stereocenters. The van der Waals surface area contributed by atoms with Crippen molar-refractivity contribution in [3.63, 3.8) is 0 Å². The van der Waals surface area contributed by atoms with Crippen LogP contribution in [0.25, 0.3) is 22.5 Å². The van der Waals surface area contributed by atoms with Gasteiger partial charge >= 0.3 is 0 Å². The van der Waals surface area contributed by atoms with Crippen LogP contribution in [0.1, 0.15) is 0 Å². The first kappa shape index (κ1) is 9.72. The summed E-state index contributed by atoms with van der Waals surface area (Å²) in [5.41, 5.74) is 3.95. The molecule has 0 fully saturated rings. The quantitative estimate of drug-likeness (QED) is 0.724. The zero-order chi connectivity index (χ0) is 11.5. The summed E-state index contributed by atoms with van der Waals surface area (Å²) in [7, 11) is 0. The Balaban J connectivity index is 1.99. The van der Waals surface area contributed by atoms with E-state index in [1.54, 1.807) is 24.8 Å². The highest BCUT2D eigenvalue weighted by molar-refractivity contribution is 5.67. The standard InChI is InChI=1S/C13H10N4/c1-2-11(9-15-5-1)13-8-12(16-17-13)10-3-6-14-7-4-10/h1-9H,(H,16,17). The monoisotopic (exact) mass is 222 g/mol. The molecule has 0 aromatic carbocycles. The summed E-state index contributed by atoms with van der Waals surface area (Å²) < 4.78 is 0. The molecule has 0 unspecified atom stereocenters. The van der Waals surface area contributed by atoms with E-state index in [2.05, 4.69) is 20.2 Å². The average Bonchev–Trinajstić information content (AvgIpc) is 2.90. The van der Waals surface area contributed by atoms with E-state index in [1.165, 1.54) is 0 Å². The van der Waals surface area contributed by atoms with Gasteiger partial charge in [-0.3, -0.25) is 15.1 Å². The van der Waals surface area contributed by atoms with Gasteiger partial charge in [0, 0.05) is 35.9 Å². The lowest BCUT2D eigenvalue weighted by Gasteiger charge is -1.94. The van der Waals surface area contributed by atoms with Crippen LogP contribution < -0.4 is 0 Å². The zero-order valence-corrected chi connectivity index (χ0v) is 9.04. The highest BCUT2D eigenvalue weighted by atomic mass is 15.1. The van der Waals surface area contributed by atoms with E-state index in [0.29, 0.717) is 0 Å². The van der Waals surface area contributed by atoms with Crippen molar-refractivity contribution in [2.75, 3.05) is 0 Å². The maximum absolute atomic E-state index is 4.28. The number of rotatable bonds is 2. The van der Waals surface area contributed by atoms with Crippen LogP contribution in [0, 0.1) is 0 Å². The highest BCUT2D eigenvalue weighted by Gasteiger charge is 2.04. The molecule has 0 aliphatic heterocycles. The van der Waals surface area contributed by atoms with Crippen LogP contribution in [0.3, 0.4) is 0 Å². The molecule has 0 aliphatic rings. The fourth-order valence-electron chi connectivity index (χ4n) is 1.66. The Morgan fingerprint density at radius 2 is 1.76 bits per heavy atom. The van der Waals surface area contributed by atoms with Crippen LogP contribution in [0.2, 0.25) is 0 Å². The number of aromatic nitrogens is 4. The molecule has 3 rings (SSSR count). The molecule has 0 spiro atoms. The van der Waals surface area contributed by atoms with Crippen molar-refractivity contribution < 1.29 is 0 Å². The van der Waals surface area contributed by atoms with Gasteiger partial charge in [0.25, 0.3) is 0 Å². The van der Waals surface area contributed by atoms with Crippen molar-refractivity contribution in [3.8, 4) is 22.5 Å². The average molecular weight is 222 g/mol. The van der Waals surface area contributed by atoms with E-state index in [-0.39, 0.29) is 0 Å². The summed E-state index contributed by atoms with van der Waals surface area (Å²) in [5.74, 6) is 0. The number of pyridine rings is 2. The van der Waals surface area contributed by atoms with E-state index in [9.17, 15) is 0 Å². The molecular formula is C13H10N4. The van der Waals surface area contributed by atoms with Gasteiger partial charge in [-0.05, 0) is 30.3 Å². The van der Waals surface area contributed by atoms with Gasteiger partial charge in [0.15, 0.2) is 0 Å². The van der Waals surface area contributed by atoms with Gasteiger partial charge in [0.1, 0.15) is 0 Å². The molecule has 4 heteroatoms. The van der Waals surface area contributed by atoms with E-state index in [1.807, 2.05) is 30.3 Å². The molecule has 17 heavy (non-hydrogen) atoms. The topological polar surface area (TPSA) is 54.5 Å². The molecule has 82 valence electrons. The van der Waals surface area contributed by atoms with Crippen molar-refractivity contribution in [1.82, 2.24) is 20.2 Å². The minimum atomic E-state index is 0.893. The number of nitrogens with zero attached hydrogens (tertiary/aromatic N) is 3. The van der Waals surface area contributed by atoms with Crippen LogP contribution in [0.4, 0.5) is 0 Å². The zero-order valence-electron chi connectivity index (χ0n) is 9.04. The third kappa shape index (κ3) is 1.92. The van der Waals surface area contributed by atoms with Gasteiger partial charge < -0.3 is 0 Å². The predicted molar refractivity (Wildman–Crippen MR) is 65.0 cm³/mol. The maximum Gasteiger partial charge on any atom is 0.0942 e. The molecule has 0 saturated carbocycles. The smallest absolute Gasteiger partial charge is 0.0942 e. The molecular weight excluding hydrogens is 212 g/mol. The first-order valence-corrected chi connectivity index (χ1v) is 5.30. The lowest BCUT2D eigenvalue weighted by molar-refractivity contribution is 1.10. The lowest BCUT2D eigenvalue weighted by atomic mass is 10.1. The van der Waals surface area contributed by atoms with Gasteiger partial charge in [-0.2, -0.15) is 5.10 Å². The fourth-order valence-corrected chi connectivity index (χ4v) is 1.66. The molecule has 3 aromatic heterocycles. The Hall–Kier alpha value is -2.49. The minimum absolute atomic E-state index is 0.893. The van der Waals surface area contributed by atoms with Gasteiger partial charge in [-0.15, -0.1) is 0 Å². The third-order valence-electron chi connectivity index (χ3n) is 2.53. The minimum Gasteiger partial charge on any atom is -0.277 e. The number of hydrogen-bond acceptors (Lipinski definition) is 3. The van der Waals surface area contributed by atoms with Crippen molar-refractivity contribution >= 4 is 0 Å². The molecule has 4 nitrogen and oxygen atoms in total. The molecule has 0 radical (unpaired) electrons. The van der Waals surface area contributed by atoms with E-state index in [4.69, 9.17) is 0 Å². The summed E-state index contributed by atoms with van der Waals surface area (Å²) in [6, 6.07) is 9.78. The lowest BCUT2D eigenvalue weighted by Crippen LogP contribution is -1.78. The van der Waals surface area contributed by atoms with Gasteiger partial charge in [-0.25, -0.2) is 0 Å². The Morgan fingerprint density at radius 3 is 2.53 bits per heavy atom. The predicted octanol–water partition coefficient (Wildman–Crippen LogP) is 2.53. The molecule has 0 bridgehead atoms. The van der Waals surface area contributed by atoms with Crippen LogP contribution in [0.5, 0.6) is 0 Å². The van der Waals surface area contributed by atoms with Gasteiger partial charge in [0.05, 0.1) is 11.4 Å². The normalized spacial score (nSPS) is 10.4. The second-order valence-electron chi connectivity index (χ2n) is 3.64. The molecule has 3 heterocycles. The molecule has 0 aliphatic carbocycles. The number of nitrogens with one attached hydrogen (secondary N) is 1. The first-order chi connectivity index (χ1) is 8.43. The van der Waals surface area contributed by atoms with Crippen LogP contribution >= 0.6 is 0 Å². The summed E-state index contributed by atoms with van der Waals surface area (Å²) in [6.07, 6.45) is 7.08. The SMILES string of the molecule is c1cncc(-c2cc(-c3ccncc3)[nH]n2)c1. The van der Waals surface area contributed by atoms with Crippen molar-refractivity contribution in [3.05, 3.63) is 55.1 Å². The molecule has 1 N–H and O–H groups in total. The first-order valence-electron chi connectivity index (χ1n) is 5.30. The number of hydrogen-bond donors (Lipinski definition) is 1. The fraction of sp³-hybridized carbons (Fsp3) is 0. The number of H-pyrrole nitrogens is 1.